The third kappa shape index (κ3) is 4.36. The Morgan fingerprint density at radius 1 is 0.406 bits per heavy atom. The zero-order chi connectivity index (χ0) is 21.6. The Labute approximate surface area is 189 Å². The maximum Gasteiger partial charge on any atom is 0.0722 e. The Morgan fingerprint density at radius 2 is 1.00 bits per heavy atom. The van der Waals surface area contributed by atoms with Gasteiger partial charge < -0.3 is 0 Å². The lowest BCUT2D eigenvalue weighted by Crippen LogP contribution is -1.91. The van der Waals surface area contributed by atoms with Crippen molar-refractivity contribution >= 4 is 0 Å². The average Bonchev–Trinajstić information content (AvgIpc) is 2.89. The van der Waals surface area contributed by atoms with Crippen molar-refractivity contribution in [2.75, 3.05) is 0 Å². The van der Waals surface area contributed by atoms with Gasteiger partial charge in [-0.25, -0.2) is 4.98 Å². The van der Waals surface area contributed by atoms with Gasteiger partial charge in [-0.2, -0.15) is 0 Å². The highest BCUT2D eigenvalue weighted by Gasteiger charge is 2.07. The first-order valence-corrected chi connectivity index (χ1v) is 10.7. The molecule has 0 atom stereocenters. The first-order valence-electron chi connectivity index (χ1n) is 10.7. The second-order valence-corrected chi connectivity index (χ2v) is 7.51. The van der Waals surface area contributed by atoms with E-state index >= 15 is 0 Å². The molecule has 150 valence electrons. The first-order chi connectivity index (χ1) is 15.9. The fourth-order valence-corrected chi connectivity index (χ4v) is 3.69. The third-order valence-electron chi connectivity index (χ3n) is 5.36. The SMILES string of the molecule is C(#Cc1ccccc1-c1cccc(-c2ccc(-c3ccccc3)cc2)n1)c1ccccc1. The van der Waals surface area contributed by atoms with Gasteiger partial charge in [-0.15, -0.1) is 0 Å². The molecule has 1 nitrogen and oxygen atoms in total. The number of hydrogen-bond donors (Lipinski definition) is 0. The van der Waals surface area contributed by atoms with Crippen LogP contribution in [0, 0.1) is 11.8 Å². The summed E-state index contributed by atoms with van der Waals surface area (Å²) < 4.78 is 0. The van der Waals surface area contributed by atoms with Gasteiger partial charge in [0.05, 0.1) is 11.4 Å². The van der Waals surface area contributed by atoms with Gasteiger partial charge in [0.15, 0.2) is 0 Å². The molecule has 4 aromatic carbocycles. The van der Waals surface area contributed by atoms with E-state index in [0.717, 1.165) is 33.6 Å². The van der Waals surface area contributed by atoms with Crippen LogP contribution in [-0.4, -0.2) is 4.98 Å². The number of aromatic nitrogens is 1. The molecule has 1 heteroatoms. The molecule has 1 heterocycles. The standard InChI is InChI=1S/C31H21N/c1-3-10-24(11-4-1)18-19-27-14-7-8-15-29(27)31-17-9-16-30(32-31)28-22-20-26(21-23-28)25-12-5-2-6-13-25/h1-17,20-23H. The molecule has 0 spiro atoms. The normalized spacial score (nSPS) is 10.2. The Morgan fingerprint density at radius 3 is 1.78 bits per heavy atom. The summed E-state index contributed by atoms with van der Waals surface area (Å²) in [5, 5.41) is 0. The van der Waals surface area contributed by atoms with Gasteiger partial charge in [0.25, 0.3) is 0 Å². The van der Waals surface area contributed by atoms with Crippen molar-refractivity contribution in [1.29, 1.82) is 0 Å². The second kappa shape index (κ2) is 9.16. The molecule has 1 aromatic heterocycles. The van der Waals surface area contributed by atoms with Crippen LogP contribution < -0.4 is 0 Å². The van der Waals surface area contributed by atoms with Crippen molar-refractivity contribution in [2.45, 2.75) is 0 Å². The van der Waals surface area contributed by atoms with E-state index in [1.54, 1.807) is 0 Å². The van der Waals surface area contributed by atoms with Crippen LogP contribution in [-0.2, 0) is 0 Å². The highest BCUT2D eigenvalue weighted by atomic mass is 14.7. The van der Waals surface area contributed by atoms with Crippen molar-refractivity contribution < 1.29 is 0 Å². The fraction of sp³-hybridized carbons (Fsp3) is 0. The van der Waals surface area contributed by atoms with Crippen molar-refractivity contribution in [2.24, 2.45) is 0 Å². The van der Waals surface area contributed by atoms with Crippen molar-refractivity contribution in [3.05, 3.63) is 139 Å². The number of rotatable bonds is 3. The van der Waals surface area contributed by atoms with Gasteiger partial charge >= 0.3 is 0 Å². The zero-order valence-electron chi connectivity index (χ0n) is 17.6. The van der Waals surface area contributed by atoms with E-state index in [1.807, 2.05) is 60.7 Å². The molecular formula is C31H21N. The quantitative estimate of drug-likeness (QED) is 0.282. The van der Waals surface area contributed by atoms with Crippen LogP contribution in [0.25, 0.3) is 33.6 Å². The molecule has 0 saturated heterocycles. The van der Waals surface area contributed by atoms with Crippen molar-refractivity contribution in [3.8, 4) is 45.5 Å². The number of pyridine rings is 1. The summed E-state index contributed by atoms with van der Waals surface area (Å²) in [7, 11) is 0. The maximum atomic E-state index is 4.96. The van der Waals surface area contributed by atoms with E-state index in [-0.39, 0.29) is 0 Å². The maximum absolute atomic E-state index is 4.96. The minimum atomic E-state index is 0.924. The molecule has 32 heavy (non-hydrogen) atoms. The summed E-state index contributed by atoms with van der Waals surface area (Å²) in [4.78, 5) is 4.96. The zero-order valence-corrected chi connectivity index (χ0v) is 17.6. The molecule has 0 unspecified atom stereocenters. The Balaban J connectivity index is 1.47. The van der Waals surface area contributed by atoms with Crippen LogP contribution >= 0.6 is 0 Å². The summed E-state index contributed by atoms with van der Waals surface area (Å²) >= 11 is 0. The lowest BCUT2D eigenvalue weighted by atomic mass is 10.0. The molecule has 5 rings (SSSR count). The Kier molecular flexibility index (Phi) is 5.60. The molecule has 0 N–H and O–H groups in total. The third-order valence-corrected chi connectivity index (χ3v) is 5.36. The molecular weight excluding hydrogens is 386 g/mol. The van der Waals surface area contributed by atoms with Crippen molar-refractivity contribution in [3.63, 3.8) is 0 Å². The fourth-order valence-electron chi connectivity index (χ4n) is 3.69. The molecule has 0 bridgehead atoms. The highest BCUT2D eigenvalue weighted by molar-refractivity contribution is 5.73. The smallest absolute Gasteiger partial charge is 0.0722 e. The minimum Gasteiger partial charge on any atom is -0.248 e. The van der Waals surface area contributed by atoms with Crippen LogP contribution in [0.5, 0.6) is 0 Å². The van der Waals surface area contributed by atoms with Crippen molar-refractivity contribution in [1.82, 2.24) is 4.98 Å². The number of benzene rings is 4. The van der Waals surface area contributed by atoms with E-state index in [1.165, 1.54) is 11.1 Å². The monoisotopic (exact) mass is 407 g/mol. The summed E-state index contributed by atoms with van der Waals surface area (Å²) in [5.74, 6) is 6.58. The topological polar surface area (TPSA) is 12.9 Å². The van der Waals surface area contributed by atoms with Gasteiger partial charge in [-0.3, -0.25) is 0 Å². The van der Waals surface area contributed by atoms with E-state index < -0.39 is 0 Å². The van der Waals surface area contributed by atoms with E-state index in [2.05, 4.69) is 78.6 Å². The van der Waals surface area contributed by atoms with Crippen LogP contribution in [0.4, 0.5) is 0 Å². The van der Waals surface area contributed by atoms with E-state index in [0.29, 0.717) is 0 Å². The van der Waals surface area contributed by atoms with E-state index in [9.17, 15) is 0 Å². The van der Waals surface area contributed by atoms with Gasteiger partial charge in [0.2, 0.25) is 0 Å². The Hall–Kier alpha value is -4.41. The molecule has 0 aliphatic rings. The molecule has 0 radical (unpaired) electrons. The second-order valence-electron chi connectivity index (χ2n) is 7.51. The van der Waals surface area contributed by atoms with Crippen LogP contribution in [0.1, 0.15) is 11.1 Å². The largest absolute Gasteiger partial charge is 0.248 e. The highest BCUT2D eigenvalue weighted by Crippen LogP contribution is 2.27. The average molecular weight is 408 g/mol. The molecule has 0 fully saturated rings. The summed E-state index contributed by atoms with van der Waals surface area (Å²) in [6.07, 6.45) is 0. The predicted molar refractivity (Wildman–Crippen MR) is 133 cm³/mol. The molecule has 5 aromatic rings. The number of hydrogen-bond acceptors (Lipinski definition) is 1. The van der Waals surface area contributed by atoms with Crippen LogP contribution in [0.2, 0.25) is 0 Å². The van der Waals surface area contributed by atoms with Gasteiger partial charge in [0, 0.05) is 22.3 Å². The minimum absolute atomic E-state index is 0.924. The first kappa shape index (κ1) is 19.5. The van der Waals surface area contributed by atoms with Crippen LogP contribution in [0.3, 0.4) is 0 Å². The molecule has 0 aliphatic carbocycles. The molecule has 0 amide bonds. The van der Waals surface area contributed by atoms with E-state index in [4.69, 9.17) is 4.98 Å². The predicted octanol–water partition coefficient (Wildman–Crippen LogP) is 7.48. The summed E-state index contributed by atoms with van der Waals surface area (Å²) in [6.45, 7) is 0. The summed E-state index contributed by atoms with van der Waals surface area (Å²) in [5.41, 5.74) is 8.40. The summed E-state index contributed by atoms with van der Waals surface area (Å²) in [6, 6.07) is 43.4. The lowest BCUT2D eigenvalue weighted by Gasteiger charge is -2.08. The number of nitrogens with zero attached hydrogens (tertiary/aromatic N) is 1. The van der Waals surface area contributed by atoms with Gasteiger partial charge in [0.1, 0.15) is 0 Å². The van der Waals surface area contributed by atoms with Gasteiger partial charge in [-0.1, -0.05) is 109 Å². The van der Waals surface area contributed by atoms with Crippen LogP contribution in [0.15, 0.2) is 127 Å². The molecule has 0 saturated carbocycles. The van der Waals surface area contributed by atoms with Gasteiger partial charge in [-0.05, 0) is 41.5 Å². The molecule has 0 aliphatic heterocycles. The Bertz CT molecular complexity index is 1390. The lowest BCUT2D eigenvalue weighted by molar-refractivity contribution is 1.32.